The van der Waals surface area contributed by atoms with E-state index in [0.29, 0.717) is 12.8 Å². The van der Waals surface area contributed by atoms with E-state index in [0.717, 1.165) is 0 Å². The van der Waals surface area contributed by atoms with Gasteiger partial charge in [-0.15, -0.1) is 0 Å². The third-order valence-electron chi connectivity index (χ3n) is 4.91. The van der Waals surface area contributed by atoms with E-state index in [1.54, 1.807) is 18.2 Å². The first kappa shape index (κ1) is 21.4. The SMILES string of the molecule is CC[C@H]1OC(=O)/C=C/[C@H](C)[C@@H](O)[C@@H](C)C[C@@H](C)C(=O)/C=C/C=C/[C@@H]1C. The van der Waals surface area contributed by atoms with Crippen LogP contribution < -0.4 is 0 Å². The quantitative estimate of drug-likeness (QED) is 0.731. The van der Waals surface area contributed by atoms with Crippen molar-refractivity contribution in [2.75, 3.05) is 0 Å². The Hall–Kier alpha value is -1.68. The van der Waals surface area contributed by atoms with E-state index in [4.69, 9.17) is 4.74 Å². The van der Waals surface area contributed by atoms with Gasteiger partial charge < -0.3 is 9.84 Å². The molecule has 0 amide bonds. The van der Waals surface area contributed by atoms with Gasteiger partial charge in [-0.05, 0) is 24.8 Å². The van der Waals surface area contributed by atoms with Gasteiger partial charge in [0.2, 0.25) is 0 Å². The average Bonchev–Trinajstić information content (AvgIpc) is 2.58. The fourth-order valence-electron chi connectivity index (χ4n) is 3.10. The van der Waals surface area contributed by atoms with Crippen LogP contribution in [0.1, 0.15) is 47.5 Å². The molecule has 4 nitrogen and oxygen atoms in total. The van der Waals surface area contributed by atoms with Crippen LogP contribution in [-0.2, 0) is 14.3 Å². The van der Waals surface area contributed by atoms with Gasteiger partial charge >= 0.3 is 5.97 Å². The van der Waals surface area contributed by atoms with Crippen molar-refractivity contribution in [3.63, 3.8) is 0 Å². The zero-order valence-corrected chi connectivity index (χ0v) is 16.0. The summed E-state index contributed by atoms with van der Waals surface area (Å²) in [6.45, 7) is 9.63. The van der Waals surface area contributed by atoms with Crippen LogP contribution in [0.15, 0.2) is 36.5 Å². The number of rotatable bonds is 1. The molecule has 140 valence electrons. The summed E-state index contributed by atoms with van der Waals surface area (Å²) in [5.74, 6) is -0.657. The maximum absolute atomic E-state index is 12.2. The molecule has 1 rings (SSSR count). The van der Waals surface area contributed by atoms with Crippen molar-refractivity contribution in [2.24, 2.45) is 23.7 Å². The van der Waals surface area contributed by atoms with Crippen LogP contribution in [0.3, 0.4) is 0 Å². The fraction of sp³-hybridized carbons (Fsp3) is 0.619. The summed E-state index contributed by atoms with van der Waals surface area (Å²) in [6.07, 6.45) is 10.7. The first-order chi connectivity index (χ1) is 11.8. The van der Waals surface area contributed by atoms with Crippen LogP contribution in [0.2, 0.25) is 0 Å². The van der Waals surface area contributed by atoms with Gasteiger partial charge in [-0.1, -0.05) is 58.9 Å². The van der Waals surface area contributed by atoms with Gasteiger partial charge in [0, 0.05) is 23.8 Å². The highest BCUT2D eigenvalue weighted by atomic mass is 16.5. The Morgan fingerprint density at radius 1 is 1.04 bits per heavy atom. The third kappa shape index (κ3) is 6.99. The molecule has 1 aliphatic rings. The third-order valence-corrected chi connectivity index (χ3v) is 4.91. The molecule has 0 saturated heterocycles. The monoisotopic (exact) mass is 348 g/mol. The van der Waals surface area contributed by atoms with Crippen LogP contribution in [0.5, 0.6) is 0 Å². The van der Waals surface area contributed by atoms with Gasteiger partial charge in [0.1, 0.15) is 6.10 Å². The van der Waals surface area contributed by atoms with Gasteiger partial charge in [0.25, 0.3) is 0 Å². The molecular formula is C21H32O4. The molecule has 0 saturated carbocycles. The van der Waals surface area contributed by atoms with Gasteiger partial charge in [-0.2, -0.15) is 0 Å². The van der Waals surface area contributed by atoms with Crippen LogP contribution >= 0.6 is 0 Å². The Labute approximate surface area is 151 Å². The summed E-state index contributed by atoms with van der Waals surface area (Å²) in [4.78, 5) is 24.2. The Balaban J connectivity index is 3.03. The van der Waals surface area contributed by atoms with E-state index in [-0.39, 0.29) is 41.5 Å². The first-order valence-electron chi connectivity index (χ1n) is 9.21. The number of aliphatic hydroxyl groups is 1. The molecule has 6 atom stereocenters. The van der Waals surface area contributed by atoms with Crippen LogP contribution in [0.4, 0.5) is 0 Å². The lowest BCUT2D eigenvalue weighted by Gasteiger charge is -2.25. The lowest BCUT2D eigenvalue weighted by molar-refractivity contribution is -0.144. The number of aliphatic hydroxyl groups excluding tert-OH is 1. The highest BCUT2D eigenvalue weighted by molar-refractivity contribution is 5.91. The van der Waals surface area contributed by atoms with E-state index >= 15 is 0 Å². The fourth-order valence-corrected chi connectivity index (χ4v) is 3.10. The lowest BCUT2D eigenvalue weighted by atomic mass is 9.85. The van der Waals surface area contributed by atoms with Crippen molar-refractivity contribution in [2.45, 2.75) is 59.7 Å². The molecular weight excluding hydrogens is 316 g/mol. The number of hydrogen-bond donors (Lipinski definition) is 1. The Morgan fingerprint density at radius 3 is 2.36 bits per heavy atom. The standard InChI is InChI=1S/C21H32O4/c1-6-19-14(2)9-7-8-10-18(22)16(4)13-17(5)21(24)15(3)11-12-20(23)25-19/h7-12,14-17,19,21,24H,6,13H2,1-5H3/b9-7+,10-8+,12-11+/t14-,15-,16+,17-,19+,21+/m0/s1. The largest absolute Gasteiger partial charge is 0.459 e. The Morgan fingerprint density at radius 2 is 1.72 bits per heavy atom. The minimum absolute atomic E-state index is 0.0464. The molecule has 1 N–H and O–H groups in total. The second kappa shape index (κ2) is 10.3. The van der Waals surface area contributed by atoms with E-state index in [1.165, 1.54) is 6.08 Å². The summed E-state index contributed by atoms with van der Waals surface area (Å²) in [6, 6.07) is 0. The van der Waals surface area contributed by atoms with Crippen LogP contribution in [0, 0.1) is 23.7 Å². The highest BCUT2D eigenvalue weighted by Crippen LogP contribution is 2.22. The number of esters is 1. The summed E-state index contributed by atoms with van der Waals surface area (Å²) >= 11 is 0. The first-order valence-corrected chi connectivity index (χ1v) is 9.21. The molecule has 0 aromatic heterocycles. The number of hydrogen-bond acceptors (Lipinski definition) is 4. The van der Waals surface area contributed by atoms with Crippen molar-refractivity contribution >= 4 is 11.8 Å². The van der Waals surface area contributed by atoms with Gasteiger partial charge in [-0.3, -0.25) is 4.79 Å². The Kier molecular flexibility index (Phi) is 8.84. The molecule has 4 heteroatoms. The summed E-state index contributed by atoms with van der Waals surface area (Å²) in [5, 5.41) is 10.4. The van der Waals surface area contributed by atoms with Crippen molar-refractivity contribution < 1.29 is 19.4 Å². The van der Waals surface area contributed by atoms with Crippen molar-refractivity contribution in [3.8, 4) is 0 Å². The maximum atomic E-state index is 12.2. The minimum atomic E-state index is -0.614. The van der Waals surface area contributed by atoms with Gasteiger partial charge in [-0.25, -0.2) is 4.79 Å². The summed E-state index contributed by atoms with van der Waals surface area (Å²) in [5.41, 5.74) is 0. The van der Waals surface area contributed by atoms with E-state index in [2.05, 4.69) is 0 Å². The molecule has 0 aromatic rings. The topological polar surface area (TPSA) is 63.6 Å². The van der Waals surface area contributed by atoms with Gasteiger partial charge in [0.15, 0.2) is 5.78 Å². The molecule has 25 heavy (non-hydrogen) atoms. The second-order valence-corrected chi connectivity index (χ2v) is 7.21. The summed E-state index contributed by atoms with van der Waals surface area (Å²) < 4.78 is 5.51. The summed E-state index contributed by atoms with van der Waals surface area (Å²) in [7, 11) is 0. The lowest BCUT2D eigenvalue weighted by Crippen LogP contribution is -2.28. The molecule has 0 aromatic carbocycles. The predicted molar refractivity (Wildman–Crippen MR) is 99.9 cm³/mol. The zero-order valence-electron chi connectivity index (χ0n) is 16.0. The number of allylic oxidation sites excluding steroid dienone is 3. The number of carbonyl (C=O) groups is 2. The number of ketones is 1. The molecule has 0 radical (unpaired) electrons. The van der Waals surface area contributed by atoms with E-state index in [9.17, 15) is 14.7 Å². The van der Waals surface area contributed by atoms with Crippen molar-refractivity contribution in [1.29, 1.82) is 0 Å². The molecule has 0 spiro atoms. The molecule has 0 bridgehead atoms. The van der Waals surface area contributed by atoms with Crippen LogP contribution in [-0.4, -0.2) is 29.1 Å². The number of ether oxygens (including phenoxy) is 1. The molecule has 1 aliphatic heterocycles. The van der Waals surface area contributed by atoms with Crippen LogP contribution in [0.25, 0.3) is 0 Å². The average molecular weight is 348 g/mol. The van der Waals surface area contributed by atoms with Gasteiger partial charge in [0.05, 0.1) is 6.10 Å². The highest BCUT2D eigenvalue weighted by Gasteiger charge is 2.24. The number of cyclic esters (lactones) is 1. The normalized spacial score (nSPS) is 39.4. The molecule has 0 aliphatic carbocycles. The van der Waals surface area contributed by atoms with Crippen molar-refractivity contribution in [1.82, 2.24) is 0 Å². The smallest absolute Gasteiger partial charge is 0.330 e. The molecule has 0 fully saturated rings. The van der Waals surface area contributed by atoms with Crippen molar-refractivity contribution in [3.05, 3.63) is 36.5 Å². The molecule has 0 unspecified atom stereocenters. The zero-order chi connectivity index (χ0) is 19.0. The molecule has 1 heterocycles. The van der Waals surface area contributed by atoms with E-state index < -0.39 is 6.10 Å². The minimum Gasteiger partial charge on any atom is -0.459 e. The second-order valence-electron chi connectivity index (χ2n) is 7.21. The Bertz CT molecular complexity index is 532. The number of carbonyl (C=O) groups excluding carboxylic acids is 2. The maximum Gasteiger partial charge on any atom is 0.330 e. The van der Waals surface area contributed by atoms with E-state index in [1.807, 2.05) is 46.8 Å². The predicted octanol–water partition coefficient (Wildman–Crippen LogP) is 3.85.